The molecular weight excluding hydrogens is 880 g/mol. The minimum Gasteiger partial charge on any atom is -0.462 e. The SMILES string of the molecule is CCCCCCCCCCCCCCCCCC(=O)CC(COP(=O)(O)OCCNC(=O)OCCOC(=O)CC(=O)N1C(=O)CCC1=O)C(=O)CCCCCCCCCCCCCCCCC. The first-order valence-corrected chi connectivity index (χ1v) is 28.0. The van der Waals surface area contributed by atoms with E-state index in [1.165, 1.54) is 141 Å². The van der Waals surface area contributed by atoms with Gasteiger partial charge in [-0.2, -0.15) is 0 Å². The van der Waals surface area contributed by atoms with Crippen LogP contribution in [-0.4, -0.2) is 84.1 Å². The first-order chi connectivity index (χ1) is 32.4. The second-order valence-electron chi connectivity index (χ2n) is 18.4. The molecule has 67 heavy (non-hydrogen) atoms. The van der Waals surface area contributed by atoms with Gasteiger partial charge in [-0.1, -0.05) is 194 Å². The quantitative estimate of drug-likeness (QED) is 0.0191. The van der Waals surface area contributed by atoms with Crippen molar-refractivity contribution in [2.45, 2.75) is 245 Å². The van der Waals surface area contributed by atoms with Crippen LogP contribution in [0.1, 0.15) is 245 Å². The van der Waals surface area contributed by atoms with E-state index in [0.717, 1.165) is 44.9 Å². The number of imide groups is 3. The number of hydrogen-bond acceptors (Lipinski definition) is 12. The number of nitrogens with zero attached hydrogens (tertiary/aromatic N) is 1. The normalized spacial score (nSPS) is 14.0. The number of unbranched alkanes of at least 4 members (excludes halogenated alkanes) is 28. The van der Waals surface area contributed by atoms with Crippen LogP contribution in [0.5, 0.6) is 0 Å². The molecule has 0 bridgehead atoms. The average Bonchev–Trinajstić information content (AvgIpc) is 3.64. The van der Waals surface area contributed by atoms with E-state index in [0.29, 0.717) is 17.7 Å². The Morgan fingerprint density at radius 2 is 0.970 bits per heavy atom. The first kappa shape index (κ1) is 62.0. The standard InChI is InChI=1S/C51H91N2O13P/c1-3-5-7-9-11-13-15-17-19-21-23-25-27-29-31-33-45(54)41-44(46(55)34-32-30-28-26-24-22-20-18-16-14-12-10-8-6-4-2)43-66-67(61,62)65-38-37-52-51(60)64-40-39-63-50(59)42-49(58)53-47(56)35-36-48(53)57/h44H,3-43H2,1-2H3,(H,52,60)(H,61,62). The van der Waals surface area contributed by atoms with Crippen molar-refractivity contribution >= 4 is 49.2 Å². The molecule has 1 saturated heterocycles. The zero-order chi connectivity index (χ0) is 49.2. The van der Waals surface area contributed by atoms with E-state index in [9.17, 15) is 43.0 Å². The Labute approximate surface area is 403 Å². The van der Waals surface area contributed by atoms with Gasteiger partial charge in [0.05, 0.1) is 13.2 Å². The summed E-state index contributed by atoms with van der Waals surface area (Å²) >= 11 is 0. The molecule has 0 radical (unpaired) electrons. The summed E-state index contributed by atoms with van der Waals surface area (Å²) in [5.74, 6) is -4.46. The number of nitrogens with one attached hydrogen (secondary N) is 1. The zero-order valence-electron chi connectivity index (χ0n) is 41.8. The molecule has 1 fully saturated rings. The van der Waals surface area contributed by atoms with Gasteiger partial charge in [0.15, 0.2) is 0 Å². The molecule has 1 aliphatic rings. The lowest BCUT2D eigenvalue weighted by molar-refractivity contribution is -0.154. The van der Waals surface area contributed by atoms with Crippen LogP contribution >= 0.6 is 7.82 Å². The number of rotatable bonds is 47. The number of amides is 4. The van der Waals surface area contributed by atoms with Crippen LogP contribution in [-0.2, 0) is 51.9 Å². The van der Waals surface area contributed by atoms with Crippen LogP contribution < -0.4 is 5.32 Å². The van der Waals surface area contributed by atoms with E-state index in [-0.39, 0.29) is 50.4 Å². The van der Waals surface area contributed by atoms with Gasteiger partial charge in [0, 0.05) is 44.6 Å². The van der Waals surface area contributed by atoms with E-state index >= 15 is 0 Å². The van der Waals surface area contributed by atoms with Crippen molar-refractivity contribution in [3.8, 4) is 0 Å². The monoisotopic (exact) mass is 971 g/mol. The minimum absolute atomic E-state index is 0.0625. The van der Waals surface area contributed by atoms with Gasteiger partial charge in [-0.25, -0.2) is 14.3 Å². The van der Waals surface area contributed by atoms with Gasteiger partial charge < -0.3 is 19.7 Å². The van der Waals surface area contributed by atoms with Gasteiger partial charge in [-0.15, -0.1) is 0 Å². The number of likely N-dealkylation sites (tertiary alicyclic amines) is 1. The van der Waals surface area contributed by atoms with E-state index in [2.05, 4.69) is 19.2 Å². The summed E-state index contributed by atoms with van der Waals surface area (Å²) in [5.41, 5.74) is 0. The molecule has 15 nitrogen and oxygen atoms in total. The summed E-state index contributed by atoms with van der Waals surface area (Å²) in [4.78, 5) is 96.4. The van der Waals surface area contributed by atoms with Gasteiger partial charge in [-0.3, -0.25) is 37.8 Å². The van der Waals surface area contributed by atoms with Crippen molar-refractivity contribution in [1.29, 1.82) is 0 Å². The first-order valence-electron chi connectivity index (χ1n) is 26.5. The Balaban J connectivity index is 2.40. The predicted octanol–water partition coefficient (Wildman–Crippen LogP) is 12.1. The lowest BCUT2D eigenvalue weighted by Crippen LogP contribution is -2.37. The molecule has 0 aliphatic carbocycles. The van der Waals surface area contributed by atoms with Crippen molar-refractivity contribution in [3.05, 3.63) is 0 Å². The van der Waals surface area contributed by atoms with Crippen LogP contribution in [0, 0.1) is 5.92 Å². The number of ketones is 2. The third-order valence-corrected chi connectivity index (χ3v) is 13.2. The summed E-state index contributed by atoms with van der Waals surface area (Å²) in [6, 6.07) is 0. The Bertz CT molecular complexity index is 1410. The van der Waals surface area contributed by atoms with Crippen molar-refractivity contribution in [2.24, 2.45) is 5.92 Å². The third-order valence-electron chi connectivity index (χ3n) is 12.3. The second kappa shape index (κ2) is 41.9. The lowest BCUT2D eigenvalue weighted by Gasteiger charge is -2.18. The van der Waals surface area contributed by atoms with E-state index in [1.807, 2.05) is 0 Å². The van der Waals surface area contributed by atoms with Crippen molar-refractivity contribution in [2.75, 3.05) is 33.0 Å². The van der Waals surface area contributed by atoms with Crippen molar-refractivity contribution < 1.29 is 61.5 Å². The number of hydrogen-bond donors (Lipinski definition) is 2. The maximum atomic E-state index is 13.4. The highest BCUT2D eigenvalue weighted by molar-refractivity contribution is 7.47. The summed E-state index contributed by atoms with van der Waals surface area (Å²) in [6.45, 7) is 2.56. The van der Waals surface area contributed by atoms with E-state index in [4.69, 9.17) is 18.5 Å². The highest BCUT2D eigenvalue weighted by atomic mass is 31.2. The zero-order valence-corrected chi connectivity index (χ0v) is 42.7. The number of phosphoric ester groups is 1. The topological polar surface area (TPSA) is 209 Å². The Morgan fingerprint density at radius 1 is 0.567 bits per heavy atom. The minimum atomic E-state index is -4.66. The van der Waals surface area contributed by atoms with Crippen LogP contribution in [0.2, 0.25) is 0 Å². The number of ether oxygens (including phenoxy) is 2. The fourth-order valence-corrected chi connectivity index (χ4v) is 8.96. The van der Waals surface area contributed by atoms with Crippen molar-refractivity contribution in [3.63, 3.8) is 0 Å². The van der Waals surface area contributed by atoms with Gasteiger partial charge in [-0.05, 0) is 12.8 Å². The number of Topliss-reactive ketones (excluding diaryl/α,β-unsaturated/α-hetero) is 2. The molecule has 16 heteroatoms. The summed E-state index contributed by atoms with van der Waals surface area (Å²) in [5, 5.41) is 2.30. The fraction of sp³-hybridized carbons (Fsp3) is 0.863. The molecule has 0 aromatic carbocycles. The summed E-state index contributed by atoms with van der Waals surface area (Å²) < 4.78 is 32.6. The second-order valence-corrected chi connectivity index (χ2v) is 19.8. The molecule has 1 aliphatic heterocycles. The highest BCUT2D eigenvalue weighted by Gasteiger charge is 2.35. The maximum absolute atomic E-state index is 13.4. The van der Waals surface area contributed by atoms with Crippen LogP contribution in [0.25, 0.3) is 0 Å². The highest BCUT2D eigenvalue weighted by Crippen LogP contribution is 2.43. The number of esters is 1. The Hall–Kier alpha value is -3.00. The Morgan fingerprint density at radius 3 is 1.42 bits per heavy atom. The fourth-order valence-electron chi connectivity index (χ4n) is 8.20. The predicted molar refractivity (Wildman–Crippen MR) is 260 cm³/mol. The molecule has 1 rings (SSSR count). The molecule has 0 aromatic heterocycles. The van der Waals surface area contributed by atoms with Gasteiger partial charge >= 0.3 is 19.9 Å². The van der Waals surface area contributed by atoms with Gasteiger partial charge in [0.1, 0.15) is 31.2 Å². The van der Waals surface area contributed by atoms with Gasteiger partial charge in [0.2, 0.25) is 17.7 Å². The molecule has 0 spiro atoms. The lowest BCUT2D eigenvalue weighted by atomic mass is 9.92. The molecule has 0 aromatic rings. The molecule has 0 saturated carbocycles. The third kappa shape index (κ3) is 35.7. The van der Waals surface area contributed by atoms with Gasteiger partial charge in [0.25, 0.3) is 0 Å². The van der Waals surface area contributed by atoms with Crippen molar-refractivity contribution in [1.82, 2.24) is 10.2 Å². The molecule has 2 atom stereocenters. The van der Waals surface area contributed by atoms with Crippen LogP contribution in [0.3, 0.4) is 0 Å². The number of phosphoric acid groups is 1. The maximum Gasteiger partial charge on any atom is 0.472 e. The number of carbonyl (C=O) groups is 7. The largest absolute Gasteiger partial charge is 0.472 e. The molecule has 1 heterocycles. The number of alkyl carbamates (subject to hydrolysis) is 1. The van der Waals surface area contributed by atoms with Crippen LogP contribution in [0.4, 0.5) is 4.79 Å². The van der Waals surface area contributed by atoms with E-state index < -0.39 is 69.8 Å². The summed E-state index contributed by atoms with van der Waals surface area (Å²) in [6.07, 6.45) is 35.0. The number of carbonyl (C=O) groups excluding carboxylic acids is 7. The molecule has 4 amide bonds. The molecule has 2 N–H and O–H groups in total. The molecular formula is C51H91N2O13P. The summed E-state index contributed by atoms with van der Waals surface area (Å²) in [7, 11) is -4.66. The average molecular weight is 971 g/mol. The molecule has 388 valence electrons. The molecule has 2 unspecified atom stereocenters. The van der Waals surface area contributed by atoms with E-state index in [1.54, 1.807) is 0 Å². The smallest absolute Gasteiger partial charge is 0.462 e. The Kier molecular flexibility index (Phi) is 38.8. The van der Waals surface area contributed by atoms with Crippen LogP contribution in [0.15, 0.2) is 0 Å².